The van der Waals surface area contributed by atoms with Crippen molar-refractivity contribution in [2.24, 2.45) is 4.99 Å². The van der Waals surface area contributed by atoms with E-state index in [1.165, 1.54) is 17.7 Å². The summed E-state index contributed by atoms with van der Waals surface area (Å²) in [5.74, 6) is 0.583. The van der Waals surface area contributed by atoms with Gasteiger partial charge in [0.05, 0.1) is 10.6 Å². The third-order valence-corrected chi connectivity index (χ3v) is 5.07. The fraction of sp³-hybridized carbons (Fsp3) is 0.154. The Hall–Kier alpha value is -4.06. The van der Waals surface area contributed by atoms with Crippen LogP contribution in [0.15, 0.2) is 82.2 Å². The predicted molar refractivity (Wildman–Crippen MR) is 128 cm³/mol. The van der Waals surface area contributed by atoms with E-state index in [0.717, 1.165) is 22.3 Å². The van der Waals surface area contributed by atoms with E-state index in [2.05, 4.69) is 42.9 Å². The summed E-state index contributed by atoms with van der Waals surface area (Å²) in [6.45, 7) is 6.56. The topological polar surface area (TPSA) is 81.5 Å². The molecule has 4 aromatic rings. The number of nitrogens with zero attached hydrogens (tertiary/aromatic N) is 3. The van der Waals surface area contributed by atoms with Gasteiger partial charge in [-0.2, -0.15) is 0 Å². The highest BCUT2D eigenvalue weighted by atomic mass is 16.6. The number of hydrogen-bond donors (Lipinski definition) is 0. The molecule has 0 aliphatic rings. The lowest BCUT2D eigenvalue weighted by Gasteiger charge is -2.18. The normalized spacial score (nSPS) is 12.2. The maximum absolute atomic E-state index is 10.7. The van der Waals surface area contributed by atoms with Gasteiger partial charge in [0, 0.05) is 23.9 Å². The molecule has 1 heterocycles. The second-order valence-electron chi connectivity index (χ2n) is 8.48. The highest BCUT2D eigenvalue weighted by Gasteiger charge is 2.14. The van der Waals surface area contributed by atoms with Gasteiger partial charge < -0.3 is 4.42 Å². The SMILES string of the molecule is CC(C)(C)c1ccc(-c2nc3cc(N=C/C=C/c4ccc([N+](=O)[O-])cc4)ccc3o2)cc1. The van der Waals surface area contributed by atoms with Crippen LogP contribution in [0.5, 0.6) is 0 Å². The standard InChI is InChI=1S/C26H23N3O3/c1-26(2,3)20-10-8-19(9-11-20)25-28-23-17-21(12-15-24(23)32-25)27-16-4-5-18-6-13-22(14-7-18)29(30)31/h4-17H,1-3H3/b5-4+,27-16?. The van der Waals surface area contributed by atoms with E-state index in [9.17, 15) is 10.1 Å². The lowest BCUT2D eigenvalue weighted by molar-refractivity contribution is -0.384. The Morgan fingerprint density at radius 2 is 1.72 bits per heavy atom. The highest BCUT2D eigenvalue weighted by Crippen LogP contribution is 2.29. The number of nitro groups is 1. The molecule has 4 rings (SSSR count). The second-order valence-corrected chi connectivity index (χ2v) is 8.48. The van der Waals surface area contributed by atoms with Crippen LogP contribution in [-0.4, -0.2) is 16.1 Å². The molecule has 32 heavy (non-hydrogen) atoms. The zero-order chi connectivity index (χ0) is 22.7. The van der Waals surface area contributed by atoms with Gasteiger partial charge in [-0.3, -0.25) is 15.1 Å². The van der Waals surface area contributed by atoms with Crippen LogP contribution < -0.4 is 0 Å². The monoisotopic (exact) mass is 425 g/mol. The van der Waals surface area contributed by atoms with Crippen LogP contribution in [-0.2, 0) is 5.41 Å². The summed E-state index contributed by atoms with van der Waals surface area (Å²) in [6, 6.07) is 20.2. The number of fused-ring (bicyclic) bond motifs is 1. The molecule has 0 saturated heterocycles. The van der Waals surface area contributed by atoms with Crippen LogP contribution >= 0.6 is 0 Å². The molecule has 0 amide bonds. The molecule has 0 spiro atoms. The molecule has 0 unspecified atom stereocenters. The third-order valence-electron chi connectivity index (χ3n) is 5.07. The molecule has 0 fully saturated rings. The van der Waals surface area contributed by atoms with E-state index in [4.69, 9.17) is 4.42 Å². The van der Waals surface area contributed by atoms with Crippen molar-refractivity contribution in [3.8, 4) is 11.5 Å². The summed E-state index contributed by atoms with van der Waals surface area (Å²) >= 11 is 0. The smallest absolute Gasteiger partial charge is 0.269 e. The molecule has 6 nitrogen and oxygen atoms in total. The lowest BCUT2D eigenvalue weighted by Crippen LogP contribution is -2.10. The van der Waals surface area contributed by atoms with Crippen LogP contribution in [0.1, 0.15) is 31.9 Å². The minimum atomic E-state index is -0.415. The van der Waals surface area contributed by atoms with Crippen molar-refractivity contribution in [2.75, 3.05) is 0 Å². The highest BCUT2D eigenvalue weighted by molar-refractivity contribution is 5.84. The summed E-state index contributed by atoms with van der Waals surface area (Å²) in [5.41, 5.74) is 5.43. The van der Waals surface area contributed by atoms with Crippen molar-refractivity contribution in [3.63, 3.8) is 0 Å². The quantitative estimate of drug-likeness (QED) is 0.194. The second kappa shape index (κ2) is 8.59. The largest absolute Gasteiger partial charge is 0.436 e. The fourth-order valence-electron chi connectivity index (χ4n) is 3.22. The molecular weight excluding hydrogens is 402 g/mol. The van der Waals surface area contributed by atoms with E-state index in [-0.39, 0.29) is 11.1 Å². The van der Waals surface area contributed by atoms with Crippen LogP contribution in [0.4, 0.5) is 11.4 Å². The summed E-state index contributed by atoms with van der Waals surface area (Å²) in [5, 5.41) is 10.7. The Morgan fingerprint density at radius 1 is 1.00 bits per heavy atom. The van der Waals surface area contributed by atoms with Crippen LogP contribution in [0, 0.1) is 10.1 Å². The average molecular weight is 425 g/mol. The molecule has 0 aliphatic heterocycles. The number of oxazole rings is 1. The molecule has 0 bridgehead atoms. The van der Waals surface area contributed by atoms with Crippen molar-refractivity contribution in [3.05, 3.63) is 94.0 Å². The van der Waals surface area contributed by atoms with E-state index in [0.29, 0.717) is 11.5 Å². The maximum atomic E-state index is 10.7. The number of aromatic nitrogens is 1. The van der Waals surface area contributed by atoms with Gasteiger partial charge in [0.15, 0.2) is 5.58 Å². The summed E-state index contributed by atoms with van der Waals surface area (Å²) in [7, 11) is 0. The first-order valence-corrected chi connectivity index (χ1v) is 10.3. The lowest BCUT2D eigenvalue weighted by atomic mass is 9.87. The Labute approximate surface area is 186 Å². The molecule has 3 aromatic carbocycles. The molecule has 1 aromatic heterocycles. The first kappa shape index (κ1) is 21.2. The van der Waals surface area contributed by atoms with Gasteiger partial charge in [-0.05, 0) is 65.1 Å². The van der Waals surface area contributed by atoms with Gasteiger partial charge in [-0.25, -0.2) is 4.98 Å². The average Bonchev–Trinajstić information content (AvgIpc) is 3.20. The number of aliphatic imine (C=N–C) groups is 1. The van der Waals surface area contributed by atoms with Crippen molar-refractivity contribution >= 4 is 34.8 Å². The third kappa shape index (κ3) is 4.81. The molecule has 0 N–H and O–H groups in total. The Bertz CT molecular complexity index is 1310. The Balaban J connectivity index is 1.48. The summed E-state index contributed by atoms with van der Waals surface area (Å²) < 4.78 is 5.92. The zero-order valence-electron chi connectivity index (χ0n) is 18.1. The Morgan fingerprint density at radius 3 is 2.38 bits per heavy atom. The molecule has 0 radical (unpaired) electrons. The van der Waals surface area contributed by atoms with Crippen LogP contribution in [0.3, 0.4) is 0 Å². The number of allylic oxidation sites excluding steroid dienone is 1. The maximum Gasteiger partial charge on any atom is 0.269 e. The van der Waals surface area contributed by atoms with E-state index in [1.807, 2.05) is 36.4 Å². The van der Waals surface area contributed by atoms with Crippen LogP contribution in [0.2, 0.25) is 0 Å². The van der Waals surface area contributed by atoms with Crippen LogP contribution in [0.25, 0.3) is 28.6 Å². The summed E-state index contributed by atoms with van der Waals surface area (Å²) in [6.07, 6.45) is 5.30. The number of hydrogen-bond acceptors (Lipinski definition) is 5. The molecule has 0 atom stereocenters. The molecular formula is C26H23N3O3. The Kier molecular flexibility index (Phi) is 5.69. The van der Waals surface area contributed by atoms with Gasteiger partial charge in [-0.15, -0.1) is 0 Å². The van der Waals surface area contributed by atoms with E-state index >= 15 is 0 Å². The minimum Gasteiger partial charge on any atom is -0.436 e. The van der Waals surface area contributed by atoms with Crippen molar-refractivity contribution < 1.29 is 9.34 Å². The molecule has 160 valence electrons. The molecule has 0 aliphatic carbocycles. The van der Waals surface area contributed by atoms with Crippen molar-refractivity contribution in [2.45, 2.75) is 26.2 Å². The summed E-state index contributed by atoms with van der Waals surface area (Å²) in [4.78, 5) is 19.3. The van der Waals surface area contributed by atoms with Gasteiger partial charge in [0.1, 0.15) is 5.52 Å². The van der Waals surface area contributed by atoms with Gasteiger partial charge >= 0.3 is 0 Å². The van der Waals surface area contributed by atoms with Crippen molar-refractivity contribution in [1.82, 2.24) is 4.98 Å². The molecule has 0 saturated carbocycles. The number of benzene rings is 3. The number of non-ortho nitro benzene ring substituents is 1. The predicted octanol–water partition coefficient (Wildman–Crippen LogP) is 7.12. The number of rotatable bonds is 5. The van der Waals surface area contributed by atoms with Gasteiger partial charge in [0.2, 0.25) is 5.89 Å². The first-order chi connectivity index (χ1) is 15.3. The van der Waals surface area contributed by atoms with Gasteiger partial charge in [0.25, 0.3) is 5.69 Å². The molecule has 6 heteroatoms. The van der Waals surface area contributed by atoms with Gasteiger partial charge in [-0.1, -0.05) is 39.0 Å². The minimum absolute atomic E-state index is 0.0706. The fourth-order valence-corrected chi connectivity index (χ4v) is 3.22. The number of nitro benzene ring substituents is 1. The first-order valence-electron chi connectivity index (χ1n) is 10.3. The zero-order valence-corrected chi connectivity index (χ0v) is 18.1. The van der Waals surface area contributed by atoms with E-state index < -0.39 is 4.92 Å². The van der Waals surface area contributed by atoms with Crippen molar-refractivity contribution in [1.29, 1.82) is 0 Å². The van der Waals surface area contributed by atoms with E-state index in [1.54, 1.807) is 24.4 Å².